The molecule has 0 amide bonds. The van der Waals surface area contributed by atoms with E-state index in [2.05, 4.69) is 14.5 Å². The lowest BCUT2D eigenvalue weighted by atomic mass is 9.53. The van der Waals surface area contributed by atoms with E-state index in [1.807, 2.05) is 6.20 Å². The Bertz CT molecular complexity index is 853. The Morgan fingerprint density at radius 2 is 1.56 bits per heavy atom. The molecule has 1 aromatic carbocycles. The molecule has 0 radical (unpaired) electrons. The highest BCUT2D eigenvalue weighted by Crippen LogP contribution is 2.58. The van der Waals surface area contributed by atoms with Gasteiger partial charge in [0.25, 0.3) is 10.0 Å². The van der Waals surface area contributed by atoms with Crippen molar-refractivity contribution >= 4 is 15.8 Å². The first-order valence-corrected chi connectivity index (χ1v) is 10.6. The molecule has 1 heterocycles. The zero-order chi connectivity index (χ0) is 17.1. The van der Waals surface area contributed by atoms with Gasteiger partial charge in [-0.1, -0.05) is 18.2 Å². The van der Waals surface area contributed by atoms with Crippen LogP contribution in [0.15, 0.2) is 47.5 Å². The van der Waals surface area contributed by atoms with Crippen LogP contribution in [-0.4, -0.2) is 18.2 Å². The summed E-state index contributed by atoms with van der Waals surface area (Å²) in [5.41, 5.74) is 0.116. The minimum absolute atomic E-state index is 0.116. The van der Waals surface area contributed by atoms with Crippen LogP contribution in [-0.2, 0) is 15.6 Å². The second-order valence-corrected chi connectivity index (χ2v) is 9.89. The highest BCUT2D eigenvalue weighted by atomic mass is 32.2. The van der Waals surface area contributed by atoms with Gasteiger partial charge in [0.1, 0.15) is 0 Å². The van der Waals surface area contributed by atoms with Crippen LogP contribution < -0.4 is 4.72 Å². The van der Waals surface area contributed by atoms with Crippen molar-refractivity contribution in [2.75, 3.05) is 4.72 Å². The van der Waals surface area contributed by atoms with E-state index in [0.29, 0.717) is 5.82 Å². The van der Waals surface area contributed by atoms with Crippen molar-refractivity contribution in [3.63, 3.8) is 0 Å². The van der Waals surface area contributed by atoms with Crippen LogP contribution in [0.4, 0.5) is 5.82 Å². The van der Waals surface area contributed by atoms with Crippen LogP contribution in [0.5, 0.6) is 0 Å². The summed E-state index contributed by atoms with van der Waals surface area (Å²) in [6, 6.07) is 10.2. The predicted octanol–water partition coefficient (Wildman–Crippen LogP) is 3.61. The standard InChI is InChI=1S/C19H23N3O2S/c23-25(24,17-4-2-1-3-5-17)21-18-6-7-22(20-18)19-11-14-8-15(12-19)10-16(9-14)13-19/h1-7,14-16H,8-13H2,(H,20,21). The van der Waals surface area contributed by atoms with Crippen molar-refractivity contribution in [3.05, 3.63) is 42.6 Å². The van der Waals surface area contributed by atoms with Crippen LogP contribution in [0.25, 0.3) is 0 Å². The SMILES string of the molecule is O=S(=O)(Nc1ccn(C23CC4CC(CC(C4)C2)C3)n1)c1ccccc1. The summed E-state index contributed by atoms with van der Waals surface area (Å²) < 4.78 is 29.7. The topological polar surface area (TPSA) is 64.0 Å². The number of hydrogen-bond donors (Lipinski definition) is 1. The third kappa shape index (κ3) is 2.58. The monoisotopic (exact) mass is 357 g/mol. The quantitative estimate of drug-likeness (QED) is 0.909. The number of sulfonamides is 1. The molecule has 4 aliphatic rings. The highest BCUT2D eigenvalue weighted by Gasteiger charge is 2.52. The van der Waals surface area contributed by atoms with Gasteiger partial charge >= 0.3 is 0 Å². The van der Waals surface area contributed by atoms with Gasteiger partial charge in [0.05, 0.1) is 10.4 Å². The third-order valence-electron chi connectivity index (χ3n) is 6.37. The summed E-state index contributed by atoms with van der Waals surface area (Å²) in [5, 5.41) is 4.64. The van der Waals surface area contributed by atoms with E-state index in [1.165, 1.54) is 38.5 Å². The summed E-state index contributed by atoms with van der Waals surface area (Å²) in [5.74, 6) is 2.92. The molecule has 1 aromatic heterocycles. The fourth-order valence-electron chi connectivity index (χ4n) is 5.78. The molecule has 2 aromatic rings. The molecule has 4 fully saturated rings. The normalized spacial score (nSPS) is 33.5. The Kier molecular flexibility index (Phi) is 3.29. The molecule has 25 heavy (non-hydrogen) atoms. The maximum Gasteiger partial charge on any atom is 0.263 e. The van der Waals surface area contributed by atoms with Crippen molar-refractivity contribution in [1.82, 2.24) is 9.78 Å². The molecular formula is C19H23N3O2S. The zero-order valence-corrected chi connectivity index (χ0v) is 15.0. The first kappa shape index (κ1) is 15.4. The molecule has 5 nitrogen and oxygen atoms in total. The number of rotatable bonds is 4. The van der Waals surface area contributed by atoms with Gasteiger partial charge in [-0.3, -0.25) is 9.40 Å². The molecule has 0 saturated heterocycles. The highest BCUT2D eigenvalue weighted by molar-refractivity contribution is 7.92. The largest absolute Gasteiger partial charge is 0.264 e. The average molecular weight is 357 g/mol. The van der Waals surface area contributed by atoms with Crippen LogP contribution in [0.1, 0.15) is 38.5 Å². The second-order valence-electron chi connectivity index (χ2n) is 8.21. The molecule has 0 spiro atoms. The molecule has 4 saturated carbocycles. The molecule has 6 heteroatoms. The van der Waals surface area contributed by atoms with Gasteiger partial charge in [-0.2, -0.15) is 5.10 Å². The van der Waals surface area contributed by atoms with E-state index in [4.69, 9.17) is 0 Å². The molecule has 0 unspecified atom stereocenters. The van der Waals surface area contributed by atoms with Crippen molar-refractivity contribution in [3.8, 4) is 0 Å². The van der Waals surface area contributed by atoms with Crippen LogP contribution >= 0.6 is 0 Å². The predicted molar refractivity (Wildman–Crippen MR) is 95.6 cm³/mol. The molecule has 1 N–H and O–H groups in total. The summed E-state index contributed by atoms with van der Waals surface area (Å²) in [6.07, 6.45) is 9.72. The van der Waals surface area contributed by atoms with Gasteiger partial charge in [-0.15, -0.1) is 0 Å². The van der Waals surface area contributed by atoms with Crippen LogP contribution in [0, 0.1) is 17.8 Å². The Hall–Kier alpha value is -1.82. The summed E-state index contributed by atoms with van der Waals surface area (Å²) >= 11 is 0. The lowest BCUT2D eigenvalue weighted by molar-refractivity contribution is -0.0492. The van der Waals surface area contributed by atoms with Crippen LogP contribution in [0.3, 0.4) is 0 Å². The van der Waals surface area contributed by atoms with Crippen molar-refractivity contribution < 1.29 is 8.42 Å². The van der Waals surface area contributed by atoms with Gasteiger partial charge in [0.15, 0.2) is 5.82 Å². The lowest BCUT2D eigenvalue weighted by Gasteiger charge is -2.56. The Morgan fingerprint density at radius 1 is 0.960 bits per heavy atom. The zero-order valence-electron chi connectivity index (χ0n) is 14.1. The molecule has 4 aliphatic carbocycles. The minimum Gasteiger partial charge on any atom is -0.264 e. The Morgan fingerprint density at radius 3 is 2.16 bits per heavy atom. The smallest absolute Gasteiger partial charge is 0.263 e. The molecule has 132 valence electrons. The fraction of sp³-hybridized carbons (Fsp3) is 0.526. The second kappa shape index (κ2) is 5.34. The number of nitrogens with one attached hydrogen (secondary N) is 1. The summed E-state index contributed by atoms with van der Waals surface area (Å²) in [7, 11) is -3.58. The van der Waals surface area contributed by atoms with Crippen molar-refractivity contribution in [1.29, 1.82) is 0 Å². The number of aromatic nitrogens is 2. The first-order valence-electron chi connectivity index (χ1n) is 9.16. The third-order valence-corrected chi connectivity index (χ3v) is 7.74. The first-order chi connectivity index (χ1) is 12.0. The van der Waals surface area contributed by atoms with Gasteiger partial charge in [-0.25, -0.2) is 8.42 Å². The van der Waals surface area contributed by atoms with Crippen molar-refractivity contribution in [2.45, 2.75) is 49.0 Å². The van der Waals surface area contributed by atoms with E-state index < -0.39 is 10.0 Å². The van der Waals surface area contributed by atoms with Gasteiger partial charge < -0.3 is 0 Å². The van der Waals surface area contributed by atoms with E-state index in [-0.39, 0.29) is 10.4 Å². The van der Waals surface area contributed by atoms with E-state index in [9.17, 15) is 8.42 Å². The molecular weight excluding hydrogens is 334 g/mol. The summed E-state index contributed by atoms with van der Waals surface area (Å²) in [6.45, 7) is 0. The number of hydrogen-bond acceptors (Lipinski definition) is 3. The van der Waals surface area contributed by atoms with Crippen LogP contribution in [0.2, 0.25) is 0 Å². The van der Waals surface area contributed by atoms with E-state index in [0.717, 1.165) is 17.8 Å². The number of benzene rings is 1. The molecule has 6 rings (SSSR count). The lowest BCUT2D eigenvalue weighted by Crippen LogP contribution is -2.52. The van der Waals surface area contributed by atoms with Gasteiger partial charge in [0, 0.05) is 12.3 Å². The van der Waals surface area contributed by atoms with E-state index >= 15 is 0 Å². The maximum absolute atomic E-state index is 12.5. The average Bonchev–Trinajstić information content (AvgIpc) is 3.03. The van der Waals surface area contributed by atoms with Crippen molar-refractivity contribution in [2.24, 2.45) is 17.8 Å². The Labute approximate surface area is 148 Å². The Balaban J connectivity index is 1.41. The maximum atomic E-state index is 12.5. The molecule has 0 aliphatic heterocycles. The number of anilines is 1. The molecule has 4 bridgehead atoms. The van der Waals surface area contributed by atoms with Gasteiger partial charge in [0.2, 0.25) is 0 Å². The number of nitrogens with zero attached hydrogens (tertiary/aromatic N) is 2. The summed E-state index contributed by atoms with van der Waals surface area (Å²) in [4.78, 5) is 0.263. The van der Waals surface area contributed by atoms with Gasteiger partial charge in [-0.05, 0) is 68.4 Å². The minimum atomic E-state index is -3.58. The van der Waals surface area contributed by atoms with E-state index in [1.54, 1.807) is 36.4 Å². The molecule has 0 atom stereocenters. The fourth-order valence-corrected chi connectivity index (χ4v) is 6.80.